The summed E-state index contributed by atoms with van der Waals surface area (Å²) in [5.41, 5.74) is 0.0474. The highest BCUT2D eigenvalue weighted by atomic mass is 32.2. The van der Waals surface area contributed by atoms with Crippen LogP contribution in [-0.4, -0.2) is 25.6 Å². The van der Waals surface area contributed by atoms with Crippen LogP contribution < -0.4 is 5.32 Å². The highest BCUT2D eigenvalue weighted by Gasteiger charge is 2.36. The molecule has 2 aromatic rings. The molecule has 8 heteroatoms. The Hall–Kier alpha value is -2.09. The monoisotopic (exact) mass is 338 g/mol. The molecule has 3 rings (SSSR count). The molecule has 0 saturated heterocycles. The van der Waals surface area contributed by atoms with Gasteiger partial charge < -0.3 is 14.2 Å². The third kappa shape index (κ3) is 4.01. The molecule has 23 heavy (non-hydrogen) atoms. The molecule has 2 heterocycles. The first-order valence-electron chi connectivity index (χ1n) is 7.31. The van der Waals surface area contributed by atoms with Crippen LogP contribution in [0.25, 0.3) is 0 Å². The fourth-order valence-corrected chi connectivity index (χ4v) is 2.95. The van der Waals surface area contributed by atoms with Crippen LogP contribution in [0.2, 0.25) is 0 Å². The Balaban J connectivity index is 1.56. The first kappa shape index (κ1) is 15.8. The lowest BCUT2D eigenvalue weighted by Gasteiger charge is -2.00. The predicted molar refractivity (Wildman–Crippen MR) is 81.5 cm³/mol. The normalized spacial score (nSPS) is 20.4. The number of aromatic nitrogens is 1. The van der Waals surface area contributed by atoms with Crippen LogP contribution in [0.4, 0.5) is 0 Å². The minimum absolute atomic E-state index is 0.000607. The first-order valence-corrected chi connectivity index (χ1v) is 9.37. The molecule has 1 aliphatic carbocycles. The lowest BCUT2D eigenvalue weighted by molar-refractivity contribution is 0.0942. The number of hydrogen-bond donors (Lipinski definition) is 1. The number of furan rings is 1. The largest absolute Gasteiger partial charge is 0.464 e. The number of carbonyl (C=O) groups excluding carboxylic acids is 1. The minimum Gasteiger partial charge on any atom is -0.464 e. The molecular formula is C15H18N2O5S. The number of nitrogens with one attached hydrogen (secondary N) is 1. The quantitative estimate of drug-likeness (QED) is 0.862. The number of rotatable bonds is 6. The van der Waals surface area contributed by atoms with Gasteiger partial charge in [0.1, 0.15) is 23.5 Å². The fourth-order valence-electron chi connectivity index (χ4n) is 2.37. The molecular weight excluding hydrogens is 320 g/mol. The maximum atomic E-state index is 12.0. The van der Waals surface area contributed by atoms with Gasteiger partial charge in [0.2, 0.25) is 5.89 Å². The summed E-state index contributed by atoms with van der Waals surface area (Å²) in [6.07, 6.45) is 3.36. The summed E-state index contributed by atoms with van der Waals surface area (Å²) in [5.74, 6) is 2.01. The highest BCUT2D eigenvalue weighted by molar-refractivity contribution is 7.89. The second-order valence-corrected chi connectivity index (χ2v) is 8.14. The van der Waals surface area contributed by atoms with Crippen molar-refractivity contribution in [1.82, 2.24) is 10.3 Å². The van der Waals surface area contributed by atoms with E-state index in [4.69, 9.17) is 8.83 Å². The van der Waals surface area contributed by atoms with Crippen molar-refractivity contribution in [1.29, 1.82) is 0 Å². The summed E-state index contributed by atoms with van der Waals surface area (Å²) in [7, 11) is -3.25. The van der Waals surface area contributed by atoms with E-state index in [-0.39, 0.29) is 23.9 Å². The van der Waals surface area contributed by atoms with Crippen molar-refractivity contribution >= 4 is 15.7 Å². The third-order valence-corrected chi connectivity index (χ3v) is 4.52. The topological polar surface area (TPSA) is 102 Å². The number of carbonyl (C=O) groups is 1. The van der Waals surface area contributed by atoms with E-state index in [1.165, 1.54) is 0 Å². The van der Waals surface area contributed by atoms with Gasteiger partial charge in [0.05, 0.1) is 6.54 Å². The van der Waals surface area contributed by atoms with Crippen molar-refractivity contribution in [2.75, 3.05) is 6.26 Å². The molecule has 0 aromatic carbocycles. The number of nitrogens with zero attached hydrogens (tertiary/aromatic N) is 1. The van der Waals surface area contributed by atoms with E-state index in [2.05, 4.69) is 17.2 Å². The van der Waals surface area contributed by atoms with E-state index in [1.807, 2.05) is 12.1 Å². The average molecular weight is 338 g/mol. The van der Waals surface area contributed by atoms with Crippen LogP contribution in [0, 0.1) is 5.92 Å². The molecule has 0 spiro atoms. The zero-order valence-corrected chi connectivity index (χ0v) is 13.7. The summed E-state index contributed by atoms with van der Waals surface area (Å²) in [5, 5.41) is 2.67. The summed E-state index contributed by atoms with van der Waals surface area (Å²) in [4.78, 5) is 15.8. The van der Waals surface area contributed by atoms with Gasteiger partial charge in [-0.25, -0.2) is 13.4 Å². The molecule has 2 aromatic heterocycles. The Bertz CT molecular complexity index is 821. The zero-order chi connectivity index (χ0) is 16.6. The van der Waals surface area contributed by atoms with Crippen LogP contribution in [-0.2, 0) is 22.1 Å². The molecule has 2 atom stereocenters. The van der Waals surface area contributed by atoms with Crippen molar-refractivity contribution in [2.45, 2.75) is 31.6 Å². The molecule has 2 unspecified atom stereocenters. The van der Waals surface area contributed by atoms with E-state index in [0.717, 1.165) is 24.7 Å². The number of sulfone groups is 1. The third-order valence-electron chi connectivity index (χ3n) is 3.75. The van der Waals surface area contributed by atoms with Crippen LogP contribution in [0.15, 0.2) is 27.2 Å². The lowest BCUT2D eigenvalue weighted by atomic mass is 10.3. The smallest absolute Gasteiger partial charge is 0.273 e. The Labute approximate surface area is 134 Å². The second-order valence-electron chi connectivity index (χ2n) is 6.00. The first-order chi connectivity index (χ1) is 10.8. The molecule has 1 saturated carbocycles. The Morgan fingerprint density at radius 2 is 2.17 bits per heavy atom. The van der Waals surface area contributed by atoms with Gasteiger partial charge in [0.25, 0.3) is 5.91 Å². The molecule has 1 aliphatic rings. The fraction of sp³-hybridized carbons (Fsp3) is 0.467. The van der Waals surface area contributed by atoms with E-state index in [0.29, 0.717) is 17.6 Å². The van der Waals surface area contributed by atoms with Gasteiger partial charge in [0, 0.05) is 12.2 Å². The maximum Gasteiger partial charge on any atom is 0.273 e. The predicted octanol–water partition coefficient (Wildman–Crippen LogP) is 1.87. The van der Waals surface area contributed by atoms with Crippen LogP contribution in [0.5, 0.6) is 0 Å². The number of oxazole rings is 1. The summed E-state index contributed by atoms with van der Waals surface area (Å²) < 4.78 is 33.0. The summed E-state index contributed by atoms with van der Waals surface area (Å²) in [6, 6.07) is 3.79. The van der Waals surface area contributed by atoms with Gasteiger partial charge in [-0.15, -0.1) is 0 Å². The molecule has 124 valence electrons. The van der Waals surface area contributed by atoms with Gasteiger partial charge in [-0.3, -0.25) is 4.79 Å². The summed E-state index contributed by atoms with van der Waals surface area (Å²) >= 11 is 0. The van der Waals surface area contributed by atoms with Gasteiger partial charge >= 0.3 is 0 Å². The van der Waals surface area contributed by atoms with Crippen molar-refractivity contribution in [3.05, 3.63) is 41.5 Å². The zero-order valence-electron chi connectivity index (χ0n) is 12.9. The van der Waals surface area contributed by atoms with Crippen molar-refractivity contribution in [3.63, 3.8) is 0 Å². The Kier molecular flexibility index (Phi) is 4.01. The Morgan fingerprint density at radius 1 is 1.43 bits per heavy atom. The minimum atomic E-state index is -3.25. The molecule has 1 N–H and O–H groups in total. The summed E-state index contributed by atoms with van der Waals surface area (Å²) in [6.45, 7) is 2.42. The van der Waals surface area contributed by atoms with Crippen molar-refractivity contribution in [3.8, 4) is 0 Å². The van der Waals surface area contributed by atoms with E-state index < -0.39 is 15.7 Å². The second kappa shape index (κ2) is 5.84. The van der Waals surface area contributed by atoms with E-state index in [1.54, 1.807) is 0 Å². The Morgan fingerprint density at radius 3 is 2.83 bits per heavy atom. The van der Waals surface area contributed by atoms with E-state index >= 15 is 0 Å². The van der Waals surface area contributed by atoms with Gasteiger partial charge in [-0.2, -0.15) is 0 Å². The van der Waals surface area contributed by atoms with Crippen LogP contribution in [0.1, 0.15) is 47.2 Å². The molecule has 0 aliphatic heterocycles. The van der Waals surface area contributed by atoms with Crippen LogP contribution in [0.3, 0.4) is 0 Å². The molecule has 7 nitrogen and oxygen atoms in total. The van der Waals surface area contributed by atoms with Gasteiger partial charge in [-0.1, -0.05) is 6.92 Å². The highest BCUT2D eigenvalue weighted by Crippen LogP contribution is 2.47. The lowest BCUT2D eigenvalue weighted by Crippen LogP contribution is -2.23. The maximum absolute atomic E-state index is 12.0. The van der Waals surface area contributed by atoms with E-state index in [9.17, 15) is 13.2 Å². The number of hydrogen-bond acceptors (Lipinski definition) is 6. The number of amides is 1. The van der Waals surface area contributed by atoms with Crippen molar-refractivity contribution < 1.29 is 22.0 Å². The van der Waals surface area contributed by atoms with Crippen molar-refractivity contribution in [2.24, 2.45) is 5.92 Å². The standard InChI is InChI=1S/C15H18N2O5S/c1-9-5-11(9)13-4-3-10(22-13)6-16-15(18)12-7-21-14(17-12)8-23(2,19)20/h3-4,7,9,11H,5-6,8H2,1-2H3,(H,16,18). The molecule has 0 bridgehead atoms. The van der Waals surface area contributed by atoms with Gasteiger partial charge in [-0.05, 0) is 24.5 Å². The molecule has 1 amide bonds. The SMILES string of the molecule is CC1CC1c1ccc(CNC(=O)c2coc(CS(C)(=O)=O)n2)o1. The molecule has 0 radical (unpaired) electrons. The van der Waals surface area contributed by atoms with Crippen LogP contribution >= 0.6 is 0 Å². The average Bonchev–Trinajstić information content (AvgIpc) is 2.90. The molecule has 1 fully saturated rings. The van der Waals surface area contributed by atoms with Gasteiger partial charge in [0.15, 0.2) is 15.5 Å².